The van der Waals surface area contributed by atoms with Gasteiger partial charge >= 0.3 is 0 Å². The molecule has 6 heteroatoms. The number of carbonyl (C=O) groups excluding carboxylic acids is 1. The highest BCUT2D eigenvalue weighted by Crippen LogP contribution is 2.36. The van der Waals surface area contributed by atoms with E-state index in [0.717, 1.165) is 40.6 Å². The molecule has 0 radical (unpaired) electrons. The van der Waals surface area contributed by atoms with E-state index in [9.17, 15) is 4.79 Å². The summed E-state index contributed by atoms with van der Waals surface area (Å²) in [7, 11) is 0. The Labute approximate surface area is 162 Å². The van der Waals surface area contributed by atoms with Crippen molar-refractivity contribution in [2.75, 3.05) is 6.54 Å². The van der Waals surface area contributed by atoms with Crippen molar-refractivity contribution in [1.82, 2.24) is 10.8 Å². The molecule has 3 aromatic carbocycles. The van der Waals surface area contributed by atoms with Gasteiger partial charge in [0.05, 0.1) is 5.56 Å². The van der Waals surface area contributed by atoms with E-state index in [2.05, 4.69) is 5.32 Å². The van der Waals surface area contributed by atoms with Gasteiger partial charge in [-0.25, -0.2) is 10.5 Å². The number of ether oxygens (including phenoxy) is 1. The van der Waals surface area contributed by atoms with Gasteiger partial charge in [-0.3, -0.25) is 10.0 Å². The lowest BCUT2D eigenvalue weighted by atomic mass is 10.1. The Morgan fingerprint density at radius 2 is 1.64 bits per heavy atom. The quantitative estimate of drug-likeness (QED) is 0.480. The highest BCUT2D eigenvalue weighted by molar-refractivity contribution is 6.03. The number of fused-ring (bicyclic) bond motifs is 2. The topological polar surface area (TPSA) is 83.0 Å². The summed E-state index contributed by atoms with van der Waals surface area (Å²) in [6, 6.07) is 22.6. The third kappa shape index (κ3) is 3.72. The summed E-state index contributed by atoms with van der Waals surface area (Å²) in [6.45, 7) is 0.668. The van der Waals surface area contributed by atoms with Gasteiger partial charge in [0.2, 0.25) is 0 Å². The second-order valence-corrected chi connectivity index (χ2v) is 6.34. The SMILES string of the molecule is O=C(NO)c1ccc(CCNC2=Nc3ccccc3Oc3ccccc32)cc1. The fraction of sp³-hybridized carbons (Fsp3) is 0.0909. The van der Waals surface area contributed by atoms with Crippen LogP contribution in [-0.2, 0) is 6.42 Å². The first kappa shape index (κ1) is 17.8. The predicted molar refractivity (Wildman–Crippen MR) is 107 cm³/mol. The molecule has 0 bridgehead atoms. The lowest BCUT2D eigenvalue weighted by molar-refractivity contribution is 0.0706. The zero-order valence-electron chi connectivity index (χ0n) is 15.1. The van der Waals surface area contributed by atoms with Crippen LogP contribution in [0.25, 0.3) is 0 Å². The van der Waals surface area contributed by atoms with E-state index < -0.39 is 5.91 Å². The van der Waals surface area contributed by atoms with Gasteiger partial charge in [-0.05, 0) is 48.4 Å². The van der Waals surface area contributed by atoms with Crippen LogP contribution >= 0.6 is 0 Å². The van der Waals surface area contributed by atoms with E-state index in [0.29, 0.717) is 12.1 Å². The maximum Gasteiger partial charge on any atom is 0.274 e. The van der Waals surface area contributed by atoms with Crippen molar-refractivity contribution in [3.05, 3.63) is 89.5 Å². The first-order valence-electron chi connectivity index (χ1n) is 8.97. The van der Waals surface area contributed by atoms with E-state index in [4.69, 9.17) is 14.9 Å². The van der Waals surface area contributed by atoms with Crippen molar-refractivity contribution in [3.8, 4) is 11.5 Å². The molecule has 0 aromatic heterocycles. The second-order valence-electron chi connectivity index (χ2n) is 6.34. The number of carbonyl (C=O) groups is 1. The van der Waals surface area contributed by atoms with E-state index >= 15 is 0 Å². The van der Waals surface area contributed by atoms with E-state index in [1.165, 1.54) is 0 Å². The summed E-state index contributed by atoms with van der Waals surface area (Å²) in [5, 5.41) is 12.1. The summed E-state index contributed by atoms with van der Waals surface area (Å²) in [6.07, 6.45) is 0.755. The number of amidine groups is 1. The molecule has 0 saturated heterocycles. The lowest BCUT2D eigenvalue weighted by Gasteiger charge is -2.11. The summed E-state index contributed by atoms with van der Waals surface area (Å²) in [5.74, 6) is 1.73. The minimum atomic E-state index is -0.521. The molecular weight excluding hydrogens is 354 g/mol. The number of aliphatic imine (C=N–C) groups is 1. The van der Waals surface area contributed by atoms with Gasteiger partial charge in [0.15, 0.2) is 5.75 Å². The van der Waals surface area contributed by atoms with E-state index in [1.54, 1.807) is 17.6 Å². The van der Waals surface area contributed by atoms with Crippen molar-refractivity contribution in [3.63, 3.8) is 0 Å². The van der Waals surface area contributed by atoms with Crippen LogP contribution in [0.5, 0.6) is 11.5 Å². The maximum atomic E-state index is 11.4. The second kappa shape index (κ2) is 7.94. The van der Waals surface area contributed by atoms with Crippen molar-refractivity contribution >= 4 is 17.4 Å². The molecule has 0 fully saturated rings. The average Bonchev–Trinajstić information content (AvgIpc) is 2.90. The van der Waals surface area contributed by atoms with E-state index in [1.807, 2.05) is 60.7 Å². The average molecular weight is 373 g/mol. The largest absolute Gasteiger partial charge is 0.454 e. The van der Waals surface area contributed by atoms with Crippen LogP contribution < -0.4 is 15.5 Å². The standard InChI is InChI=1S/C22H19N3O3/c26-22(25-27)16-11-9-15(10-12-16)13-14-23-21-17-5-1-3-7-19(17)28-20-8-4-2-6-18(20)24-21/h1-12,27H,13-14H2,(H,23,24)(H,25,26). The van der Waals surface area contributed by atoms with Gasteiger partial charge in [-0.15, -0.1) is 0 Å². The molecule has 1 heterocycles. The molecule has 6 nitrogen and oxygen atoms in total. The molecule has 0 atom stereocenters. The summed E-state index contributed by atoms with van der Waals surface area (Å²) < 4.78 is 6.03. The minimum Gasteiger partial charge on any atom is -0.454 e. The molecule has 0 aliphatic carbocycles. The number of hydroxylamine groups is 1. The monoisotopic (exact) mass is 373 g/mol. The Kier molecular flexibility index (Phi) is 5.03. The van der Waals surface area contributed by atoms with Crippen molar-refractivity contribution in [2.24, 2.45) is 4.99 Å². The van der Waals surface area contributed by atoms with Crippen LogP contribution in [0.2, 0.25) is 0 Å². The van der Waals surface area contributed by atoms with Crippen LogP contribution in [0.4, 0.5) is 5.69 Å². The van der Waals surface area contributed by atoms with Gasteiger partial charge in [0.25, 0.3) is 5.91 Å². The Balaban J connectivity index is 1.51. The van der Waals surface area contributed by atoms with Gasteiger partial charge in [0.1, 0.15) is 17.3 Å². The highest BCUT2D eigenvalue weighted by Gasteiger charge is 2.17. The molecule has 0 spiro atoms. The molecule has 4 rings (SSSR count). The van der Waals surface area contributed by atoms with Crippen LogP contribution in [0.1, 0.15) is 21.5 Å². The molecule has 1 amide bonds. The Morgan fingerprint density at radius 3 is 2.43 bits per heavy atom. The van der Waals surface area contributed by atoms with Gasteiger partial charge < -0.3 is 10.1 Å². The molecule has 3 aromatic rings. The first-order chi connectivity index (χ1) is 13.7. The van der Waals surface area contributed by atoms with Crippen LogP contribution in [0.3, 0.4) is 0 Å². The molecule has 28 heavy (non-hydrogen) atoms. The van der Waals surface area contributed by atoms with Crippen LogP contribution in [0.15, 0.2) is 77.8 Å². The number of amides is 1. The number of nitrogens with one attached hydrogen (secondary N) is 2. The van der Waals surface area contributed by atoms with Crippen LogP contribution in [0, 0.1) is 0 Å². The van der Waals surface area contributed by atoms with Gasteiger partial charge in [-0.1, -0.05) is 36.4 Å². The molecule has 1 aliphatic rings. The Bertz CT molecular complexity index is 1030. The molecule has 3 N–H and O–H groups in total. The highest BCUT2D eigenvalue weighted by atomic mass is 16.5. The van der Waals surface area contributed by atoms with Crippen LogP contribution in [-0.4, -0.2) is 23.5 Å². The molecule has 1 aliphatic heterocycles. The third-order valence-electron chi connectivity index (χ3n) is 4.48. The van der Waals surface area contributed by atoms with Crippen molar-refractivity contribution in [2.45, 2.75) is 6.42 Å². The van der Waals surface area contributed by atoms with Crippen molar-refractivity contribution in [1.29, 1.82) is 0 Å². The molecule has 140 valence electrons. The van der Waals surface area contributed by atoms with Gasteiger partial charge in [-0.2, -0.15) is 0 Å². The number of rotatable bonds is 4. The maximum absolute atomic E-state index is 11.4. The fourth-order valence-corrected chi connectivity index (χ4v) is 3.03. The summed E-state index contributed by atoms with van der Waals surface area (Å²) in [5.41, 5.74) is 4.80. The van der Waals surface area contributed by atoms with Crippen molar-refractivity contribution < 1.29 is 14.7 Å². The zero-order chi connectivity index (χ0) is 19.3. The fourth-order valence-electron chi connectivity index (χ4n) is 3.03. The molecule has 0 unspecified atom stereocenters. The van der Waals surface area contributed by atoms with Gasteiger partial charge in [0, 0.05) is 12.1 Å². The summed E-state index contributed by atoms with van der Waals surface area (Å²) >= 11 is 0. The molecule has 0 saturated carbocycles. The minimum absolute atomic E-state index is 0.412. The number of benzene rings is 3. The molecular formula is C22H19N3O3. The summed E-state index contributed by atoms with van der Waals surface area (Å²) in [4.78, 5) is 16.2. The lowest BCUT2D eigenvalue weighted by Crippen LogP contribution is -2.26. The van der Waals surface area contributed by atoms with E-state index in [-0.39, 0.29) is 0 Å². The Hall–Kier alpha value is -3.64. The number of para-hydroxylation sites is 3. The normalized spacial score (nSPS) is 12.0. The zero-order valence-corrected chi connectivity index (χ0v) is 15.1. The number of hydrogen-bond acceptors (Lipinski definition) is 5. The first-order valence-corrected chi connectivity index (χ1v) is 8.97. The smallest absolute Gasteiger partial charge is 0.274 e. The number of nitrogens with zero attached hydrogens (tertiary/aromatic N) is 1. The third-order valence-corrected chi connectivity index (χ3v) is 4.48. The number of hydrogen-bond donors (Lipinski definition) is 3. The Morgan fingerprint density at radius 1 is 0.929 bits per heavy atom. The predicted octanol–water partition coefficient (Wildman–Crippen LogP) is 3.82.